The van der Waals surface area contributed by atoms with Crippen molar-refractivity contribution in [3.05, 3.63) is 29.8 Å². The van der Waals surface area contributed by atoms with Gasteiger partial charge in [-0.1, -0.05) is 12.1 Å². The lowest BCUT2D eigenvalue weighted by molar-refractivity contribution is -0.136. The van der Waals surface area contributed by atoms with Crippen LogP contribution in [0.4, 0.5) is 5.69 Å². The molecule has 1 amide bonds. The maximum Gasteiger partial charge on any atom is 0.248 e. The Kier molecular flexibility index (Phi) is 6.78. The summed E-state index contributed by atoms with van der Waals surface area (Å²) >= 11 is 0. The quantitative estimate of drug-likeness (QED) is 0.842. The normalized spacial score (nSPS) is 15.8. The van der Waals surface area contributed by atoms with Crippen LogP contribution in [0.15, 0.2) is 24.3 Å². The number of nitrogens with two attached hydrogens (primary N) is 1. The molecule has 20 heavy (non-hydrogen) atoms. The molecule has 6 heteroatoms. The number of nitrogen functional groups attached to an aromatic ring is 1. The number of halogens is 1. The molecule has 2 rings (SSSR count). The van der Waals surface area contributed by atoms with E-state index in [1.165, 1.54) is 5.56 Å². The number of rotatable bonds is 4. The Morgan fingerprint density at radius 2 is 2.00 bits per heavy atom. The molecule has 1 aliphatic heterocycles. The van der Waals surface area contributed by atoms with Gasteiger partial charge in [-0.05, 0) is 17.7 Å². The summed E-state index contributed by atoms with van der Waals surface area (Å²) in [7, 11) is 1.55. The van der Waals surface area contributed by atoms with Crippen molar-refractivity contribution in [2.45, 2.75) is 6.54 Å². The van der Waals surface area contributed by atoms with Gasteiger partial charge in [0, 0.05) is 45.5 Å². The summed E-state index contributed by atoms with van der Waals surface area (Å²) in [5, 5.41) is 0. The van der Waals surface area contributed by atoms with Gasteiger partial charge in [0.2, 0.25) is 5.91 Å². The van der Waals surface area contributed by atoms with Crippen LogP contribution in [0, 0.1) is 0 Å². The van der Waals surface area contributed by atoms with Gasteiger partial charge in [-0.15, -0.1) is 12.4 Å². The molecule has 0 aromatic heterocycles. The van der Waals surface area contributed by atoms with Crippen LogP contribution >= 0.6 is 12.4 Å². The maximum absolute atomic E-state index is 11.7. The monoisotopic (exact) mass is 299 g/mol. The van der Waals surface area contributed by atoms with Gasteiger partial charge in [0.1, 0.15) is 6.61 Å². The number of carbonyl (C=O) groups excluding carboxylic acids is 1. The Hall–Kier alpha value is -1.30. The highest BCUT2D eigenvalue weighted by molar-refractivity contribution is 5.85. The highest BCUT2D eigenvalue weighted by Crippen LogP contribution is 2.11. The average Bonchev–Trinajstić information content (AvgIpc) is 2.40. The Balaban J connectivity index is 0.00000200. The van der Waals surface area contributed by atoms with E-state index in [4.69, 9.17) is 10.5 Å². The molecule has 0 radical (unpaired) electrons. The second-order valence-electron chi connectivity index (χ2n) is 4.83. The summed E-state index contributed by atoms with van der Waals surface area (Å²) in [6.45, 7) is 4.39. The number of ether oxygens (including phenoxy) is 1. The van der Waals surface area contributed by atoms with E-state index in [2.05, 4.69) is 11.0 Å². The third-order valence-electron chi connectivity index (χ3n) is 3.35. The molecule has 1 fully saturated rings. The molecule has 1 aromatic rings. The zero-order chi connectivity index (χ0) is 13.7. The van der Waals surface area contributed by atoms with Crippen LogP contribution < -0.4 is 5.73 Å². The van der Waals surface area contributed by atoms with Gasteiger partial charge in [-0.2, -0.15) is 0 Å². The second kappa shape index (κ2) is 8.09. The number of benzene rings is 1. The minimum atomic E-state index is 0. The first kappa shape index (κ1) is 16.8. The smallest absolute Gasteiger partial charge is 0.248 e. The maximum atomic E-state index is 11.7. The first-order valence-corrected chi connectivity index (χ1v) is 6.52. The molecule has 0 atom stereocenters. The Morgan fingerprint density at radius 3 is 2.60 bits per heavy atom. The van der Waals surface area contributed by atoms with Crippen LogP contribution in [-0.2, 0) is 16.1 Å². The first-order chi connectivity index (χ1) is 9.19. The Labute approximate surface area is 126 Å². The fourth-order valence-corrected chi connectivity index (χ4v) is 2.32. The van der Waals surface area contributed by atoms with E-state index >= 15 is 0 Å². The lowest BCUT2D eigenvalue weighted by Gasteiger charge is -2.34. The fraction of sp³-hybridized carbons (Fsp3) is 0.500. The third kappa shape index (κ3) is 4.67. The average molecular weight is 300 g/mol. The molecule has 2 N–H and O–H groups in total. The molecule has 112 valence electrons. The van der Waals surface area contributed by atoms with E-state index in [0.717, 1.165) is 38.4 Å². The summed E-state index contributed by atoms with van der Waals surface area (Å²) in [4.78, 5) is 15.9. The number of amides is 1. The molecular weight excluding hydrogens is 278 g/mol. The van der Waals surface area contributed by atoms with Gasteiger partial charge in [-0.25, -0.2) is 0 Å². The van der Waals surface area contributed by atoms with Gasteiger partial charge in [0.15, 0.2) is 0 Å². The van der Waals surface area contributed by atoms with E-state index in [9.17, 15) is 4.79 Å². The van der Waals surface area contributed by atoms with E-state index in [1.807, 2.05) is 23.1 Å². The molecule has 0 spiro atoms. The number of hydrogen-bond donors (Lipinski definition) is 1. The largest absolute Gasteiger partial charge is 0.399 e. The summed E-state index contributed by atoms with van der Waals surface area (Å²) in [5.41, 5.74) is 7.79. The Morgan fingerprint density at radius 1 is 1.30 bits per heavy atom. The molecule has 0 saturated carbocycles. The molecule has 1 saturated heterocycles. The number of methoxy groups -OCH3 is 1. The molecule has 0 unspecified atom stereocenters. The zero-order valence-electron chi connectivity index (χ0n) is 11.7. The highest BCUT2D eigenvalue weighted by Gasteiger charge is 2.20. The number of anilines is 1. The molecular formula is C14H22ClN3O2. The van der Waals surface area contributed by atoms with Crippen LogP contribution in [0.1, 0.15) is 5.56 Å². The van der Waals surface area contributed by atoms with Crippen molar-refractivity contribution in [3.8, 4) is 0 Å². The van der Waals surface area contributed by atoms with Crippen LogP contribution in [-0.4, -0.2) is 55.6 Å². The summed E-state index contributed by atoms with van der Waals surface area (Å²) in [6.07, 6.45) is 0. The lowest BCUT2D eigenvalue weighted by Crippen LogP contribution is -2.49. The summed E-state index contributed by atoms with van der Waals surface area (Å²) in [5.74, 6) is 0.0751. The van der Waals surface area contributed by atoms with E-state index in [-0.39, 0.29) is 24.9 Å². The summed E-state index contributed by atoms with van der Waals surface area (Å²) < 4.78 is 4.87. The van der Waals surface area contributed by atoms with Crippen LogP contribution in [0.2, 0.25) is 0 Å². The summed E-state index contributed by atoms with van der Waals surface area (Å²) in [6, 6.07) is 7.95. The minimum absolute atomic E-state index is 0. The van der Waals surface area contributed by atoms with Gasteiger partial charge in [0.25, 0.3) is 0 Å². The standard InChI is InChI=1S/C14H21N3O2.ClH/c1-19-11-14(18)17-7-5-16(6-8-17)10-12-3-2-4-13(15)9-12;/h2-4,9H,5-8,10-11,15H2,1H3;1H. The number of piperazine rings is 1. The van der Waals surface area contributed by atoms with Crippen molar-refractivity contribution in [3.63, 3.8) is 0 Å². The van der Waals surface area contributed by atoms with Gasteiger partial charge in [-0.3, -0.25) is 9.69 Å². The van der Waals surface area contributed by atoms with Crippen molar-refractivity contribution >= 4 is 24.0 Å². The van der Waals surface area contributed by atoms with Crippen LogP contribution in [0.25, 0.3) is 0 Å². The molecule has 5 nitrogen and oxygen atoms in total. The number of carbonyl (C=O) groups is 1. The van der Waals surface area contributed by atoms with Crippen molar-refractivity contribution in [1.82, 2.24) is 9.80 Å². The van der Waals surface area contributed by atoms with E-state index in [0.29, 0.717) is 0 Å². The van der Waals surface area contributed by atoms with Gasteiger partial charge < -0.3 is 15.4 Å². The highest BCUT2D eigenvalue weighted by atomic mass is 35.5. The van der Waals surface area contributed by atoms with Crippen molar-refractivity contribution < 1.29 is 9.53 Å². The zero-order valence-corrected chi connectivity index (χ0v) is 12.6. The van der Waals surface area contributed by atoms with Crippen molar-refractivity contribution in [2.24, 2.45) is 0 Å². The number of nitrogens with zero attached hydrogens (tertiary/aromatic N) is 2. The van der Waals surface area contributed by atoms with Crippen molar-refractivity contribution in [1.29, 1.82) is 0 Å². The van der Waals surface area contributed by atoms with Crippen molar-refractivity contribution in [2.75, 3.05) is 45.6 Å². The first-order valence-electron chi connectivity index (χ1n) is 6.52. The molecule has 1 aliphatic rings. The molecule has 1 aromatic carbocycles. The van der Waals surface area contributed by atoms with Gasteiger partial charge >= 0.3 is 0 Å². The minimum Gasteiger partial charge on any atom is -0.399 e. The third-order valence-corrected chi connectivity index (χ3v) is 3.35. The van der Waals surface area contributed by atoms with E-state index < -0.39 is 0 Å². The van der Waals surface area contributed by atoms with Gasteiger partial charge in [0.05, 0.1) is 0 Å². The topological polar surface area (TPSA) is 58.8 Å². The fourth-order valence-electron chi connectivity index (χ4n) is 2.32. The predicted octanol–water partition coefficient (Wildman–Crippen LogP) is 0.981. The van der Waals surface area contributed by atoms with E-state index in [1.54, 1.807) is 7.11 Å². The number of hydrogen-bond acceptors (Lipinski definition) is 4. The second-order valence-corrected chi connectivity index (χ2v) is 4.83. The molecule has 1 heterocycles. The van der Waals surface area contributed by atoms with Crippen LogP contribution in [0.5, 0.6) is 0 Å². The molecule has 0 aliphatic carbocycles. The molecule has 0 bridgehead atoms. The lowest BCUT2D eigenvalue weighted by atomic mass is 10.2. The predicted molar refractivity (Wildman–Crippen MR) is 81.8 cm³/mol. The Bertz CT molecular complexity index is 434. The SMILES string of the molecule is COCC(=O)N1CCN(Cc2cccc(N)c2)CC1.Cl. The van der Waals surface area contributed by atoms with Crippen LogP contribution in [0.3, 0.4) is 0 Å².